The van der Waals surface area contributed by atoms with Gasteiger partial charge < -0.3 is 20.0 Å². The topological polar surface area (TPSA) is 146 Å². The van der Waals surface area contributed by atoms with Crippen molar-refractivity contribution < 1.29 is 19.1 Å². The minimum Gasteiger partial charge on any atom is -0.477 e. The molecular formula is C22H15N5O5S. The summed E-state index contributed by atoms with van der Waals surface area (Å²) < 4.78 is 12.4. The van der Waals surface area contributed by atoms with Gasteiger partial charge in [0.05, 0.1) is 6.20 Å². The number of nitrogens with zero attached hydrogens (tertiary/aromatic N) is 4. The highest BCUT2D eigenvalue weighted by Gasteiger charge is 2.21. The molecule has 0 amide bonds. The molecule has 3 heterocycles. The predicted molar refractivity (Wildman–Crippen MR) is 121 cm³/mol. The van der Waals surface area contributed by atoms with Crippen LogP contribution in [0.2, 0.25) is 0 Å². The van der Waals surface area contributed by atoms with Crippen LogP contribution in [0.25, 0.3) is 27.2 Å². The van der Waals surface area contributed by atoms with Crippen molar-refractivity contribution in [3.05, 3.63) is 81.8 Å². The molecule has 0 bridgehead atoms. The number of carbonyl (C=O) groups is 1. The normalized spacial score (nSPS) is 11.0. The summed E-state index contributed by atoms with van der Waals surface area (Å²) in [6.07, 6.45) is 1.41. The molecule has 0 saturated heterocycles. The standard InChI is InChI=1S/C22H15N5O5S/c23-14-7-6-13-8-16(22(30)32-17(13)9-14)27-15(10-24-26-27)11-31-19-18(21(28)29)33-20(25-19)12-4-2-1-3-5-12/h1-10H,11,23H2,(H,28,29). The van der Waals surface area contributed by atoms with Crippen molar-refractivity contribution in [3.8, 4) is 22.1 Å². The number of fused-ring (bicyclic) bond motifs is 1. The molecule has 5 rings (SSSR count). The molecule has 0 radical (unpaired) electrons. The third-order valence-electron chi connectivity index (χ3n) is 4.76. The average Bonchev–Trinajstić information content (AvgIpc) is 3.45. The number of anilines is 1. The Morgan fingerprint density at radius 1 is 1.18 bits per heavy atom. The fourth-order valence-electron chi connectivity index (χ4n) is 3.21. The van der Waals surface area contributed by atoms with E-state index in [0.29, 0.717) is 27.4 Å². The number of aromatic carboxylic acids is 1. The Balaban J connectivity index is 1.46. The number of nitrogens with two attached hydrogens (primary N) is 1. The molecule has 0 aliphatic rings. The minimum absolute atomic E-state index is 0.0277. The van der Waals surface area contributed by atoms with Crippen LogP contribution in [-0.2, 0) is 6.61 Å². The Morgan fingerprint density at radius 2 is 2.00 bits per heavy atom. The van der Waals surface area contributed by atoms with Gasteiger partial charge in [0.2, 0.25) is 5.88 Å². The lowest BCUT2D eigenvalue weighted by atomic mass is 10.2. The highest BCUT2D eigenvalue weighted by atomic mass is 32.1. The van der Waals surface area contributed by atoms with Crippen LogP contribution >= 0.6 is 11.3 Å². The van der Waals surface area contributed by atoms with E-state index < -0.39 is 11.6 Å². The molecule has 3 aromatic heterocycles. The van der Waals surface area contributed by atoms with Gasteiger partial charge in [-0.1, -0.05) is 35.5 Å². The van der Waals surface area contributed by atoms with Crippen LogP contribution in [-0.4, -0.2) is 31.1 Å². The van der Waals surface area contributed by atoms with Crippen LogP contribution in [0, 0.1) is 0 Å². The number of carboxylic acid groups (broad SMARTS) is 1. The quantitative estimate of drug-likeness (QED) is 0.287. The van der Waals surface area contributed by atoms with Crippen LogP contribution in [0.3, 0.4) is 0 Å². The van der Waals surface area contributed by atoms with Crippen molar-refractivity contribution in [1.82, 2.24) is 20.0 Å². The number of hydrogen-bond acceptors (Lipinski definition) is 9. The smallest absolute Gasteiger partial charge is 0.362 e. The Bertz CT molecular complexity index is 1540. The zero-order valence-corrected chi connectivity index (χ0v) is 17.7. The second-order valence-corrected chi connectivity index (χ2v) is 7.97. The summed E-state index contributed by atoms with van der Waals surface area (Å²) in [5.41, 5.74) is 7.25. The van der Waals surface area contributed by atoms with E-state index in [1.807, 2.05) is 30.3 Å². The zero-order chi connectivity index (χ0) is 22.9. The number of ether oxygens (including phenoxy) is 1. The number of benzene rings is 2. The molecule has 11 heteroatoms. The minimum atomic E-state index is -1.15. The summed E-state index contributed by atoms with van der Waals surface area (Å²) >= 11 is 1.01. The molecule has 2 aromatic carbocycles. The third-order valence-corrected chi connectivity index (χ3v) is 5.83. The predicted octanol–water partition coefficient (Wildman–Crippen LogP) is 3.36. The lowest BCUT2D eigenvalue weighted by Gasteiger charge is -2.07. The molecule has 164 valence electrons. The van der Waals surface area contributed by atoms with Gasteiger partial charge in [-0.3, -0.25) is 0 Å². The first-order valence-corrected chi connectivity index (χ1v) is 10.5. The van der Waals surface area contributed by atoms with E-state index in [4.69, 9.17) is 14.9 Å². The van der Waals surface area contributed by atoms with E-state index in [1.54, 1.807) is 24.3 Å². The lowest BCUT2D eigenvalue weighted by Crippen LogP contribution is -2.15. The average molecular weight is 461 g/mol. The van der Waals surface area contributed by atoms with Crippen LogP contribution in [0.1, 0.15) is 15.4 Å². The maximum absolute atomic E-state index is 12.5. The van der Waals surface area contributed by atoms with Crippen LogP contribution in [0.15, 0.2) is 70.0 Å². The fourth-order valence-corrected chi connectivity index (χ4v) is 4.06. The van der Waals surface area contributed by atoms with E-state index in [2.05, 4.69) is 15.3 Å². The summed E-state index contributed by atoms with van der Waals surface area (Å²) in [7, 11) is 0. The van der Waals surface area contributed by atoms with Crippen molar-refractivity contribution in [3.63, 3.8) is 0 Å². The van der Waals surface area contributed by atoms with E-state index in [1.165, 1.54) is 10.9 Å². The largest absolute Gasteiger partial charge is 0.477 e. The van der Waals surface area contributed by atoms with Gasteiger partial charge in [-0.15, -0.1) is 16.4 Å². The molecule has 0 aliphatic carbocycles. The molecule has 10 nitrogen and oxygen atoms in total. The van der Waals surface area contributed by atoms with Crippen molar-refractivity contribution in [2.75, 3.05) is 5.73 Å². The van der Waals surface area contributed by atoms with Gasteiger partial charge in [-0.2, -0.15) is 0 Å². The number of carboxylic acids is 1. The first kappa shape index (κ1) is 20.4. The molecule has 33 heavy (non-hydrogen) atoms. The van der Waals surface area contributed by atoms with Crippen LogP contribution in [0.5, 0.6) is 5.88 Å². The molecule has 0 spiro atoms. The number of thiazole rings is 1. The molecular weight excluding hydrogens is 446 g/mol. The van der Waals surface area contributed by atoms with E-state index in [0.717, 1.165) is 16.9 Å². The van der Waals surface area contributed by atoms with Gasteiger partial charge in [0.1, 0.15) is 22.9 Å². The second-order valence-electron chi connectivity index (χ2n) is 6.97. The Hall–Kier alpha value is -4.51. The molecule has 5 aromatic rings. The maximum Gasteiger partial charge on any atom is 0.362 e. The Kier molecular flexibility index (Phi) is 5.07. The van der Waals surface area contributed by atoms with Crippen LogP contribution < -0.4 is 16.1 Å². The highest BCUT2D eigenvalue weighted by molar-refractivity contribution is 7.17. The van der Waals surface area contributed by atoms with Gasteiger partial charge >= 0.3 is 11.6 Å². The summed E-state index contributed by atoms with van der Waals surface area (Å²) in [5, 5.41) is 18.6. The van der Waals surface area contributed by atoms with Gasteiger partial charge in [-0.05, 0) is 18.2 Å². The molecule has 0 aliphatic heterocycles. The van der Waals surface area contributed by atoms with Crippen molar-refractivity contribution in [1.29, 1.82) is 0 Å². The van der Waals surface area contributed by atoms with Crippen molar-refractivity contribution in [2.24, 2.45) is 0 Å². The lowest BCUT2D eigenvalue weighted by molar-refractivity contribution is 0.0696. The number of hydrogen-bond donors (Lipinski definition) is 2. The highest BCUT2D eigenvalue weighted by Crippen LogP contribution is 2.33. The summed E-state index contributed by atoms with van der Waals surface area (Å²) in [6.45, 7) is -0.121. The first-order chi connectivity index (χ1) is 16.0. The maximum atomic E-state index is 12.5. The fraction of sp³-hybridized carbons (Fsp3) is 0.0455. The Morgan fingerprint density at radius 3 is 2.79 bits per heavy atom. The SMILES string of the molecule is Nc1ccc2cc(-n3nncc3COc3nc(-c4ccccc4)sc3C(=O)O)c(=O)oc2c1. The van der Waals surface area contributed by atoms with Gasteiger partial charge in [-0.25, -0.2) is 19.3 Å². The molecule has 0 unspecified atom stereocenters. The number of aromatic nitrogens is 4. The molecule has 0 atom stereocenters. The van der Waals surface area contributed by atoms with Crippen molar-refractivity contribution >= 4 is 34.0 Å². The number of rotatable bonds is 6. The summed E-state index contributed by atoms with van der Waals surface area (Å²) in [5.74, 6) is -1.18. The molecule has 3 N–H and O–H groups in total. The van der Waals surface area contributed by atoms with E-state index >= 15 is 0 Å². The van der Waals surface area contributed by atoms with Gasteiger partial charge in [0.25, 0.3) is 0 Å². The van der Waals surface area contributed by atoms with Crippen LogP contribution in [0.4, 0.5) is 5.69 Å². The molecule has 0 fully saturated rings. The summed E-state index contributed by atoms with van der Waals surface area (Å²) in [6, 6.07) is 15.8. The van der Waals surface area contributed by atoms with Gasteiger partial charge in [0, 0.05) is 22.7 Å². The second kappa shape index (κ2) is 8.20. The third kappa shape index (κ3) is 3.92. The van der Waals surface area contributed by atoms with E-state index in [-0.39, 0.29) is 23.1 Å². The first-order valence-electron chi connectivity index (χ1n) is 9.65. The summed E-state index contributed by atoms with van der Waals surface area (Å²) in [4.78, 5) is 28.6. The van der Waals surface area contributed by atoms with E-state index in [9.17, 15) is 14.7 Å². The Labute approximate surface area is 189 Å². The van der Waals surface area contributed by atoms with Gasteiger partial charge in [0.15, 0.2) is 10.6 Å². The number of nitrogen functional groups attached to an aromatic ring is 1. The molecule has 0 saturated carbocycles. The monoisotopic (exact) mass is 461 g/mol. The van der Waals surface area contributed by atoms with Crippen molar-refractivity contribution in [2.45, 2.75) is 6.61 Å². The zero-order valence-electron chi connectivity index (χ0n) is 16.8.